The van der Waals surface area contributed by atoms with Gasteiger partial charge in [-0.25, -0.2) is 4.68 Å². The lowest BCUT2D eigenvalue weighted by Gasteiger charge is -2.27. The van der Waals surface area contributed by atoms with Crippen LogP contribution in [-0.2, 0) is 24.3 Å². The number of ether oxygens (including phenoxy) is 1. The number of H-pyrrole nitrogens is 1. The van der Waals surface area contributed by atoms with Crippen LogP contribution in [0.3, 0.4) is 0 Å². The quantitative estimate of drug-likeness (QED) is 0.550. The maximum atomic E-state index is 13.0. The van der Waals surface area contributed by atoms with Crippen LogP contribution < -0.4 is 10.3 Å². The lowest BCUT2D eigenvalue weighted by atomic mass is 10.0. The molecule has 0 radical (unpaired) electrons. The molecule has 0 bridgehead atoms. The average molecular weight is 420 g/mol. The molecule has 1 aliphatic heterocycles. The maximum absolute atomic E-state index is 13.0. The van der Waals surface area contributed by atoms with Crippen molar-refractivity contribution in [1.82, 2.24) is 19.7 Å². The number of aromatic amines is 1. The summed E-state index contributed by atoms with van der Waals surface area (Å²) in [5.41, 5.74) is 3.71. The Kier molecular flexibility index (Phi) is 4.63. The second-order valence-electron chi connectivity index (χ2n) is 7.25. The summed E-state index contributed by atoms with van der Waals surface area (Å²) in [6.07, 6.45) is 0.746. The number of nitrogens with zero attached hydrogens (tertiary/aromatic N) is 3. The maximum Gasteiger partial charge on any atom is 0.267 e. The molecule has 0 fully saturated rings. The lowest BCUT2D eigenvalue weighted by Crippen LogP contribution is -2.40. The van der Waals surface area contributed by atoms with Crippen LogP contribution in [0, 0.1) is 0 Å². The molecular formula is C22H20N4O3S. The minimum absolute atomic E-state index is 0.0704. The van der Waals surface area contributed by atoms with E-state index in [0.717, 1.165) is 39.2 Å². The fraction of sp³-hybridized carbons (Fsp3) is 0.227. The summed E-state index contributed by atoms with van der Waals surface area (Å²) in [4.78, 5) is 31.5. The van der Waals surface area contributed by atoms with E-state index in [1.54, 1.807) is 29.4 Å². The first-order valence-electron chi connectivity index (χ1n) is 9.69. The smallest absolute Gasteiger partial charge is 0.267 e. The third-order valence-corrected chi connectivity index (χ3v) is 6.35. The Hall–Kier alpha value is -3.39. The van der Waals surface area contributed by atoms with Crippen molar-refractivity contribution in [2.24, 2.45) is 0 Å². The van der Waals surface area contributed by atoms with Gasteiger partial charge in [0, 0.05) is 47.7 Å². The summed E-state index contributed by atoms with van der Waals surface area (Å²) in [6.45, 7) is 1.04. The largest absolute Gasteiger partial charge is 0.497 e. The van der Waals surface area contributed by atoms with Crippen LogP contribution in [0.5, 0.6) is 5.75 Å². The minimum atomic E-state index is -0.279. The van der Waals surface area contributed by atoms with Crippen molar-refractivity contribution in [3.05, 3.63) is 69.5 Å². The molecule has 0 saturated heterocycles. The van der Waals surface area contributed by atoms with Crippen LogP contribution in [0.15, 0.2) is 52.6 Å². The third-order valence-electron chi connectivity index (χ3n) is 5.46. The van der Waals surface area contributed by atoms with Crippen LogP contribution in [0.4, 0.5) is 0 Å². The van der Waals surface area contributed by atoms with Crippen molar-refractivity contribution >= 4 is 28.1 Å². The molecule has 0 saturated carbocycles. The molecule has 8 heteroatoms. The molecule has 1 N–H and O–H groups in total. The number of methoxy groups -OCH3 is 1. The number of nitrogens with one attached hydrogen (secondary N) is 1. The summed E-state index contributed by atoms with van der Waals surface area (Å²) in [5, 5.41) is 7.42. The number of aromatic nitrogens is 3. The zero-order chi connectivity index (χ0) is 20.7. The van der Waals surface area contributed by atoms with Crippen LogP contribution in [0.25, 0.3) is 21.5 Å². The van der Waals surface area contributed by atoms with Crippen molar-refractivity contribution in [1.29, 1.82) is 0 Å². The van der Waals surface area contributed by atoms with E-state index in [9.17, 15) is 9.59 Å². The van der Waals surface area contributed by atoms with Gasteiger partial charge in [0.2, 0.25) is 5.91 Å². The summed E-state index contributed by atoms with van der Waals surface area (Å²) < 4.78 is 6.61. The van der Waals surface area contributed by atoms with Crippen LogP contribution in [0.1, 0.15) is 11.3 Å². The van der Waals surface area contributed by atoms with Crippen molar-refractivity contribution < 1.29 is 9.53 Å². The van der Waals surface area contributed by atoms with Crippen LogP contribution in [-0.4, -0.2) is 39.2 Å². The number of amides is 1. The highest BCUT2D eigenvalue weighted by atomic mass is 32.1. The van der Waals surface area contributed by atoms with E-state index in [1.165, 1.54) is 10.7 Å². The second-order valence-corrected chi connectivity index (χ2v) is 8.20. The Labute approximate surface area is 176 Å². The van der Waals surface area contributed by atoms with E-state index in [-0.39, 0.29) is 18.0 Å². The van der Waals surface area contributed by atoms with Gasteiger partial charge in [-0.15, -0.1) is 11.3 Å². The summed E-state index contributed by atoms with van der Waals surface area (Å²) in [6, 6.07) is 13.0. The number of carbonyl (C=O) groups is 1. The monoisotopic (exact) mass is 420 g/mol. The standard InChI is InChI=1S/C22H20N4O3S/c1-29-14-4-5-17-15(11-14)16-12-25(9-8-18(16)23-17)22(28)13-26-21(27)7-6-19(24-26)20-3-2-10-30-20/h2-7,10-11,23H,8-9,12-13H2,1H3. The molecule has 5 rings (SSSR count). The van der Waals surface area contributed by atoms with E-state index < -0.39 is 0 Å². The molecule has 30 heavy (non-hydrogen) atoms. The number of benzene rings is 1. The van der Waals surface area contributed by atoms with Crippen molar-refractivity contribution in [2.45, 2.75) is 19.5 Å². The molecule has 152 valence electrons. The van der Waals surface area contributed by atoms with Gasteiger partial charge < -0.3 is 14.6 Å². The van der Waals surface area contributed by atoms with E-state index in [1.807, 2.05) is 35.7 Å². The van der Waals surface area contributed by atoms with Gasteiger partial charge >= 0.3 is 0 Å². The van der Waals surface area contributed by atoms with E-state index in [4.69, 9.17) is 4.74 Å². The minimum Gasteiger partial charge on any atom is -0.497 e. The second kappa shape index (κ2) is 7.46. The van der Waals surface area contributed by atoms with E-state index in [2.05, 4.69) is 10.1 Å². The van der Waals surface area contributed by atoms with Gasteiger partial charge in [-0.1, -0.05) is 6.07 Å². The molecule has 3 aromatic heterocycles. The number of hydrogen-bond donors (Lipinski definition) is 1. The van der Waals surface area contributed by atoms with Crippen LogP contribution in [0.2, 0.25) is 0 Å². The van der Waals surface area contributed by atoms with Gasteiger partial charge in [0.05, 0.1) is 12.0 Å². The number of rotatable bonds is 4. The Morgan fingerprint density at radius 1 is 1.27 bits per heavy atom. The lowest BCUT2D eigenvalue weighted by molar-refractivity contribution is -0.133. The predicted octanol–water partition coefficient (Wildman–Crippen LogP) is 3.05. The SMILES string of the molecule is COc1ccc2[nH]c3c(c2c1)CN(C(=O)Cn1nc(-c2cccs2)ccc1=O)CC3. The van der Waals surface area contributed by atoms with Gasteiger partial charge in [-0.2, -0.15) is 5.10 Å². The first-order chi connectivity index (χ1) is 14.6. The van der Waals surface area contributed by atoms with Gasteiger partial charge in [-0.05, 0) is 35.7 Å². The number of fused-ring (bicyclic) bond motifs is 3. The molecule has 0 aliphatic carbocycles. The average Bonchev–Trinajstić information content (AvgIpc) is 3.42. The fourth-order valence-electron chi connectivity index (χ4n) is 3.88. The highest BCUT2D eigenvalue weighted by molar-refractivity contribution is 7.13. The molecule has 1 aliphatic rings. The molecule has 0 atom stereocenters. The van der Waals surface area contributed by atoms with Gasteiger partial charge in [0.1, 0.15) is 18.0 Å². The molecule has 4 heterocycles. The van der Waals surface area contributed by atoms with Gasteiger partial charge in [-0.3, -0.25) is 9.59 Å². The Morgan fingerprint density at radius 2 is 2.17 bits per heavy atom. The topological polar surface area (TPSA) is 80.2 Å². The number of thiophene rings is 1. The predicted molar refractivity (Wildman–Crippen MR) is 116 cm³/mol. The first-order valence-corrected chi connectivity index (χ1v) is 10.6. The molecule has 7 nitrogen and oxygen atoms in total. The molecular weight excluding hydrogens is 400 g/mol. The molecule has 0 unspecified atom stereocenters. The van der Waals surface area contributed by atoms with E-state index in [0.29, 0.717) is 18.8 Å². The summed E-state index contributed by atoms with van der Waals surface area (Å²) in [5.74, 6) is 0.671. The highest BCUT2D eigenvalue weighted by Gasteiger charge is 2.25. The molecule has 4 aromatic rings. The Bertz CT molecular complexity index is 1290. The van der Waals surface area contributed by atoms with Crippen molar-refractivity contribution in [2.75, 3.05) is 13.7 Å². The molecule has 0 spiro atoms. The zero-order valence-corrected chi connectivity index (χ0v) is 17.2. The Balaban J connectivity index is 1.40. The first kappa shape index (κ1) is 18.6. The van der Waals surface area contributed by atoms with Crippen molar-refractivity contribution in [3.8, 4) is 16.3 Å². The number of hydrogen-bond acceptors (Lipinski definition) is 5. The highest BCUT2D eigenvalue weighted by Crippen LogP contribution is 2.30. The summed E-state index contributed by atoms with van der Waals surface area (Å²) >= 11 is 1.55. The van der Waals surface area contributed by atoms with Crippen molar-refractivity contribution in [3.63, 3.8) is 0 Å². The normalized spacial score (nSPS) is 13.4. The third kappa shape index (κ3) is 3.29. The van der Waals surface area contributed by atoms with Crippen LogP contribution >= 0.6 is 11.3 Å². The van der Waals surface area contributed by atoms with E-state index >= 15 is 0 Å². The summed E-state index contributed by atoms with van der Waals surface area (Å²) in [7, 11) is 1.64. The van der Waals surface area contributed by atoms with Gasteiger partial charge in [0.15, 0.2) is 0 Å². The zero-order valence-electron chi connectivity index (χ0n) is 16.4. The molecule has 1 aromatic carbocycles. The number of carbonyl (C=O) groups excluding carboxylic acids is 1. The molecule has 1 amide bonds. The van der Waals surface area contributed by atoms with Gasteiger partial charge in [0.25, 0.3) is 5.56 Å². The fourth-order valence-corrected chi connectivity index (χ4v) is 4.57. The Morgan fingerprint density at radius 3 is 2.97 bits per heavy atom.